The third-order valence-electron chi connectivity index (χ3n) is 3.11. The average Bonchev–Trinajstić information content (AvgIpc) is 2.20. The molecule has 5 heteroatoms. The lowest BCUT2D eigenvalue weighted by Crippen LogP contribution is -2.44. The Labute approximate surface area is 98.7 Å². The fourth-order valence-corrected chi connectivity index (χ4v) is 2.59. The normalized spacial score (nSPS) is 27.2. The zero-order valence-electron chi connectivity index (χ0n) is 10.4. The molecular weight excluding hydrogens is 226 g/mol. The predicted molar refractivity (Wildman–Crippen MR) is 65.4 cm³/mol. The van der Waals surface area contributed by atoms with Crippen LogP contribution in [0.3, 0.4) is 0 Å². The van der Waals surface area contributed by atoms with Gasteiger partial charge in [0.2, 0.25) is 0 Å². The summed E-state index contributed by atoms with van der Waals surface area (Å²) in [7, 11) is -2.96. The van der Waals surface area contributed by atoms with Crippen LogP contribution in [0.15, 0.2) is 0 Å². The molecule has 4 nitrogen and oxygen atoms in total. The van der Waals surface area contributed by atoms with Crippen LogP contribution in [0.1, 0.15) is 33.6 Å². The van der Waals surface area contributed by atoms with E-state index in [1.807, 2.05) is 0 Å². The van der Waals surface area contributed by atoms with E-state index < -0.39 is 9.84 Å². The van der Waals surface area contributed by atoms with Gasteiger partial charge in [-0.2, -0.15) is 0 Å². The van der Waals surface area contributed by atoms with Crippen LogP contribution in [0.25, 0.3) is 0 Å². The fraction of sp³-hybridized carbons (Fsp3) is 1.00. The Morgan fingerprint density at radius 3 is 2.69 bits per heavy atom. The maximum atomic E-state index is 11.6. The van der Waals surface area contributed by atoms with Crippen LogP contribution < -0.4 is 5.32 Å². The molecule has 0 aromatic heterocycles. The number of piperidine rings is 1. The van der Waals surface area contributed by atoms with Crippen molar-refractivity contribution in [2.45, 2.75) is 51.0 Å². The van der Waals surface area contributed by atoms with Crippen molar-refractivity contribution in [2.24, 2.45) is 0 Å². The first-order valence-electron chi connectivity index (χ1n) is 6.00. The molecule has 1 aliphatic heterocycles. The first-order chi connectivity index (χ1) is 7.43. The van der Waals surface area contributed by atoms with Crippen molar-refractivity contribution in [2.75, 3.05) is 18.9 Å². The summed E-state index contributed by atoms with van der Waals surface area (Å²) in [5.41, 5.74) is 0. The van der Waals surface area contributed by atoms with Gasteiger partial charge in [-0.15, -0.1) is 0 Å². The highest BCUT2D eigenvalue weighted by molar-refractivity contribution is 7.91. The minimum Gasteiger partial charge on any atom is -0.376 e. The Morgan fingerprint density at radius 2 is 2.12 bits per heavy atom. The molecule has 0 aromatic carbocycles. The summed E-state index contributed by atoms with van der Waals surface area (Å²) >= 11 is 0. The van der Waals surface area contributed by atoms with Crippen molar-refractivity contribution in [1.29, 1.82) is 0 Å². The molecule has 0 bridgehead atoms. The zero-order chi connectivity index (χ0) is 12.2. The van der Waals surface area contributed by atoms with Crippen molar-refractivity contribution in [3.8, 4) is 0 Å². The van der Waals surface area contributed by atoms with E-state index in [0.717, 1.165) is 19.4 Å². The van der Waals surface area contributed by atoms with Crippen molar-refractivity contribution >= 4 is 9.84 Å². The molecule has 96 valence electrons. The molecule has 0 aliphatic carbocycles. The lowest BCUT2D eigenvalue weighted by atomic mass is 10.0. The largest absolute Gasteiger partial charge is 0.376 e. The first kappa shape index (κ1) is 13.9. The molecule has 0 radical (unpaired) electrons. The van der Waals surface area contributed by atoms with E-state index in [4.69, 9.17) is 4.74 Å². The monoisotopic (exact) mass is 249 g/mol. The van der Waals surface area contributed by atoms with Gasteiger partial charge in [0.1, 0.15) is 0 Å². The van der Waals surface area contributed by atoms with Gasteiger partial charge in [0.15, 0.2) is 9.84 Å². The number of sulfone groups is 1. The van der Waals surface area contributed by atoms with Gasteiger partial charge in [-0.25, -0.2) is 8.42 Å². The van der Waals surface area contributed by atoms with E-state index >= 15 is 0 Å². The summed E-state index contributed by atoms with van der Waals surface area (Å²) in [6, 6.07) is 0.329. The Bertz CT molecular complexity index is 300. The second-order valence-corrected chi connectivity index (χ2v) is 7.39. The summed E-state index contributed by atoms with van der Waals surface area (Å²) in [5.74, 6) is 0.133. The maximum Gasteiger partial charge on any atom is 0.154 e. The van der Waals surface area contributed by atoms with Gasteiger partial charge < -0.3 is 10.1 Å². The van der Waals surface area contributed by atoms with Gasteiger partial charge in [-0.3, -0.25) is 0 Å². The van der Waals surface area contributed by atoms with Crippen LogP contribution in [0.4, 0.5) is 0 Å². The highest BCUT2D eigenvalue weighted by atomic mass is 32.2. The van der Waals surface area contributed by atoms with E-state index in [1.165, 1.54) is 0 Å². The quantitative estimate of drug-likeness (QED) is 0.789. The van der Waals surface area contributed by atoms with Crippen LogP contribution in [-0.2, 0) is 14.6 Å². The van der Waals surface area contributed by atoms with Crippen LogP contribution in [-0.4, -0.2) is 44.7 Å². The third kappa shape index (κ3) is 4.03. The molecule has 1 rings (SSSR count). The van der Waals surface area contributed by atoms with Crippen LogP contribution in [0.5, 0.6) is 0 Å². The van der Waals surface area contributed by atoms with E-state index in [-0.39, 0.29) is 17.1 Å². The second kappa shape index (κ2) is 5.98. The topological polar surface area (TPSA) is 55.4 Å². The summed E-state index contributed by atoms with van der Waals surface area (Å²) in [6.45, 7) is 6.85. The van der Waals surface area contributed by atoms with Crippen LogP contribution >= 0.6 is 0 Å². The highest BCUT2D eigenvalue weighted by Gasteiger charge is 2.22. The van der Waals surface area contributed by atoms with Crippen molar-refractivity contribution in [3.05, 3.63) is 0 Å². The molecule has 2 atom stereocenters. The summed E-state index contributed by atoms with van der Waals surface area (Å²) in [6.07, 6.45) is 2.29. The van der Waals surface area contributed by atoms with Gasteiger partial charge in [0.25, 0.3) is 0 Å². The van der Waals surface area contributed by atoms with Crippen molar-refractivity contribution in [1.82, 2.24) is 5.32 Å². The molecule has 2 unspecified atom stereocenters. The van der Waals surface area contributed by atoms with E-state index in [2.05, 4.69) is 12.2 Å². The minimum absolute atomic E-state index is 0.133. The van der Waals surface area contributed by atoms with Gasteiger partial charge >= 0.3 is 0 Å². The third-order valence-corrected chi connectivity index (χ3v) is 5.28. The van der Waals surface area contributed by atoms with Crippen LogP contribution in [0, 0.1) is 0 Å². The van der Waals surface area contributed by atoms with Gasteiger partial charge in [-0.1, -0.05) is 0 Å². The molecular formula is C11H23NO3S. The molecule has 0 saturated carbocycles. The number of hydrogen-bond acceptors (Lipinski definition) is 4. The standard InChI is InChI=1S/C11H23NO3S/c1-9(2)16(13,14)8-7-15-11-5-4-6-12-10(11)3/h9-12H,4-8H2,1-3H3. The number of nitrogens with one attached hydrogen (secondary N) is 1. The Hall–Kier alpha value is -0.130. The molecule has 0 amide bonds. The second-order valence-electron chi connectivity index (χ2n) is 4.71. The summed E-state index contributed by atoms with van der Waals surface area (Å²) in [5, 5.41) is 3.02. The van der Waals surface area contributed by atoms with Gasteiger partial charge in [0, 0.05) is 6.04 Å². The molecule has 0 spiro atoms. The molecule has 16 heavy (non-hydrogen) atoms. The maximum absolute atomic E-state index is 11.6. The minimum atomic E-state index is -2.96. The Balaban J connectivity index is 2.30. The van der Waals surface area contributed by atoms with Crippen LogP contribution in [0.2, 0.25) is 0 Å². The number of hydrogen-bond donors (Lipinski definition) is 1. The summed E-state index contributed by atoms with van der Waals surface area (Å²) in [4.78, 5) is 0. The lowest BCUT2D eigenvalue weighted by molar-refractivity contribution is 0.0212. The molecule has 1 aliphatic rings. The number of rotatable bonds is 5. The molecule has 1 saturated heterocycles. The highest BCUT2D eigenvalue weighted by Crippen LogP contribution is 2.12. The van der Waals surface area contributed by atoms with Gasteiger partial charge in [-0.05, 0) is 40.2 Å². The van der Waals surface area contributed by atoms with E-state index in [1.54, 1.807) is 13.8 Å². The zero-order valence-corrected chi connectivity index (χ0v) is 11.2. The van der Waals surface area contributed by atoms with E-state index in [0.29, 0.717) is 12.6 Å². The Morgan fingerprint density at radius 1 is 1.44 bits per heavy atom. The van der Waals surface area contributed by atoms with E-state index in [9.17, 15) is 8.42 Å². The molecule has 1 N–H and O–H groups in total. The Kier molecular flexibility index (Phi) is 5.21. The molecule has 1 fully saturated rings. The number of ether oxygens (including phenoxy) is 1. The SMILES string of the molecule is CC1NCCCC1OCCS(=O)(=O)C(C)C. The van der Waals surface area contributed by atoms with Gasteiger partial charge in [0.05, 0.1) is 23.7 Å². The predicted octanol–water partition coefficient (Wildman–Crippen LogP) is 0.967. The average molecular weight is 249 g/mol. The molecule has 0 aromatic rings. The smallest absolute Gasteiger partial charge is 0.154 e. The van der Waals surface area contributed by atoms with Crippen molar-refractivity contribution in [3.63, 3.8) is 0 Å². The fourth-order valence-electron chi connectivity index (χ4n) is 1.79. The first-order valence-corrected chi connectivity index (χ1v) is 7.71. The van der Waals surface area contributed by atoms with Crippen molar-refractivity contribution < 1.29 is 13.2 Å². The lowest BCUT2D eigenvalue weighted by Gasteiger charge is -2.29. The molecule has 1 heterocycles. The summed E-state index contributed by atoms with van der Waals surface area (Å²) < 4.78 is 28.8.